The number of ether oxygens (including phenoxy) is 1. The number of anilines is 2. The van der Waals surface area contributed by atoms with Crippen LogP contribution in [-0.2, 0) is 0 Å². The molecule has 1 N–H and O–H groups in total. The highest BCUT2D eigenvalue weighted by Crippen LogP contribution is 2.27. The van der Waals surface area contributed by atoms with E-state index in [1.807, 2.05) is 0 Å². The van der Waals surface area contributed by atoms with E-state index in [9.17, 15) is 14.5 Å². The summed E-state index contributed by atoms with van der Waals surface area (Å²) in [5.41, 5.74) is 1.93. The van der Waals surface area contributed by atoms with Crippen LogP contribution in [0.3, 0.4) is 0 Å². The molecule has 0 bridgehead atoms. The van der Waals surface area contributed by atoms with Crippen molar-refractivity contribution in [1.29, 1.82) is 0 Å². The van der Waals surface area contributed by atoms with Crippen molar-refractivity contribution in [3.63, 3.8) is 0 Å². The second-order valence-electron chi connectivity index (χ2n) is 4.23. The quantitative estimate of drug-likeness (QED) is 0.681. The summed E-state index contributed by atoms with van der Waals surface area (Å²) in [4.78, 5) is 10.3. The van der Waals surface area contributed by atoms with Crippen molar-refractivity contribution in [3.05, 3.63) is 57.9 Å². The minimum absolute atomic E-state index is 0.0623. The topological polar surface area (TPSA) is 64.4 Å². The van der Waals surface area contributed by atoms with E-state index in [1.165, 1.54) is 25.3 Å². The lowest BCUT2D eigenvalue weighted by Gasteiger charge is -2.09. The molecule has 0 heterocycles. The molecule has 0 aliphatic rings. The molecule has 0 radical (unpaired) electrons. The van der Waals surface area contributed by atoms with Gasteiger partial charge in [0, 0.05) is 29.1 Å². The third-order valence-corrected chi connectivity index (χ3v) is 2.83. The number of rotatable bonds is 4. The van der Waals surface area contributed by atoms with Gasteiger partial charge in [0.15, 0.2) is 11.6 Å². The van der Waals surface area contributed by atoms with Gasteiger partial charge in [-0.2, -0.15) is 0 Å². The fraction of sp³-hybridized carbons (Fsp3) is 0.143. The fourth-order valence-electron chi connectivity index (χ4n) is 1.84. The van der Waals surface area contributed by atoms with Crippen molar-refractivity contribution >= 4 is 17.1 Å². The van der Waals surface area contributed by atoms with E-state index in [0.717, 1.165) is 0 Å². The summed E-state index contributed by atoms with van der Waals surface area (Å²) in [5.74, 6) is -0.313. The molecule has 0 aromatic heterocycles. The minimum atomic E-state index is -0.446. The van der Waals surface area contributed by atoms with Crippen molar-refractivity contribution in [2.45, 2.75) is 6.92 Å². The third-order valence-electron chi connectivity index (χ3n) is 2.83. The second-order valence-corrected chi connectivity index (χ2v) is 4.23. The first-order valence-corrected chi connectivity index (χ1v) is 5.87. The van der Waals surface area contributed by atoms with Crippen molar-refractivity contribution in [1.82, 2.24) is 0 Å². The summed E-state index contributed by atoms with van der Waals surface area (Å²) in [5, 5.41) is 13.8. The Bertz CT molecular complexity index is 659. The normalized spacial score (nSPS) is 10.2. The number of halogens is 1. The number of nitro groups is 1. The fourth-order valence-corrected chi connectivity index (χ4v) is 1.84. The van der Waals surface area contributed by atoms with E-state index in [0.29, 0.717) is 16.9 Å². The highest BCUT2D eigenvalue weighted by Gasteiger charge is 2.10. The van der Waals surface area contributed by atoms with Crippen molar-refractivity contribution in [2.75, 3.05) is 12.4 Å². The Labute approximate surface area is 115 Å². The molecule has 0 unspecified atom stereocenters. The summed E-state index contributed by atoms with van der Waals surface area (Å²) in [6.45, 7) is 1.66. The van der Waals surface area contributed by atoms with Crippen molar-refractivity contribution in [2.24, 2.45) is 0 Å². The lowest BCUT2D eigenvalue weighted by atomic mass is 10.1. The van der Waals surface area contributed by atoms with Crippen LogP contribution in [0.15, 0.2) is 36.4 Å². The van der Waals surface area contributed by atoms with E-state index >= 15 is 0 Å². The van der Waals surface area contributed by atoms with Crippen LogP contribution < -0.4 is 10.1 Å². The van der Waals surface area contributed by atoms with Crippen LogP contribution in [0.5, 0.6) is 5.75 Å². The largest absolute Gasteiger partial charge is 0.494 e. The molecule has 5 nitrogen and oxygen atoms in total. The molecule has 20 heavy (non-hydrogen) atoms. The monoisotopic (exact) mass is 276 g/mol. The highest BCUT2D eigenvalue weighted by atomic mass is 19.1. The molecule has 0 atom stereocenters. The van der Waals surface area contributed by atoms with Gasteiger partial charge in [-0.25, -0.2) is 4.39 Å². The molecule has 0 aliphatic carbocycles. The van der Waals surface area contributed by atoms with Crippen LogP contribution >= 0.6 is 0 Å². The summed E-state index contributed by atoms with van der Waals surface area (Å²) in [6.07, 6.45) is 0. The molecule has 104 valence electrons. The molecule has 0 spiro atoms. The Morgan fingerprint density at radius 3 is 2.45 bits per heavy atom. The number of nitrogens with zero attached hydrogens (tertiary/aromatic N) is 1. The van der Waals surface area contributed by atoms with E-state index in [1.54, 1.807) is 25.1 Å². The Hall–Kier alpha value is -2.63. The number of methoxy groups -OCH3 is 1. The molecule has 0 saturated heterocycles. The van der Waals surface area contributed by atoms with Gasteiger partial charge in [0.25, 0.3) is 5.69 Å². The number of hydrogen-bond donors (Lipinski definition) is 1. The van der Waals surface area contributed by atoms with Gasteiger partial charge in [-0.3, -0.25) is 10.1 Å². The maximum atomic E-state index is 13.3. The van der Waals surface area contributed by atoms with E-state index in [-0.39, 0.29) is 11.4 Å². The second kappa shape index (κ2) is 5.56. The van der Waals surface area contributed by atoms with Crippen LogP contribution in [0.25, 0.3) is 0 Å². The van der Waals surface area contributed by atoms with Crippen LogP contribution in [0.4, 0.5) is 21.5 Å². The average molecular weight is 276 g/mol. The van der Waals surface area contributed by atoms with Crippen LogP contribution in [0.2, 0.25) is 0 Å². The van der Waals surface area contributed by atoms with Gasteiger partial charge in [0.1, 0.15) is 0 Å². The zero-order chi connectivity index (χ0) is 14.7. The van der Waals surface area contributed by atoms with E-state index < -0.39 is 10.7 Å². The van der Waals surface area contributed by atoms with Crippen molar-refractivity contribution < 1.29 is 14.1 Å². The van der Waals surface area contributed by atoms with Gasteiger partial charge >= 0.3 is 0 Å². The molecule has 2 aromatic rings. The zero-order valence-corrected chi connectivity index (χ0v) is 11.0. The first kappa shape index (κ1) is 13.8. The summed E-state index contributed by atoms with van der Waals surface area (Å²) in [7, 11) is 1.39. The minimum Gasteiger partial charge on any atom is -0.494 e. The first-order valence-electron chi connectivity index (χ1n) is 5.87. The highest BCUT2D eigenvalue weighted by molar-refractivity contribution is 5.64. The lowest BCUT2D eigenvalue weighted by Crippen LogP contribution is -1.96. The summed E-state index contributed by atoms with van der Waals surface area (Å²) >= 11 is 0. The summed E-state index contributed by atoms with van der Waals surface area (Å²) < 4.78 is 18.2. The van der Waals surface area contributed by atoms with Gasteiger partial charge in [0.05, 0.1) is 12.0 Å². The average Bonchev–Trinajstić information content (AvgIpc) is 2.40. The molecule has 2 aromatic carbocycles. The van der Waals surface area contributed by atoms with Gasteiger partial charge in [0.2, 0.25) is 0 Å². The molecule has 6 heteroatoms. The number of nitrogens with one attached hydrogen (secondary N) is 1. The Morgan fingerprint density at radius 1 is 1.20 bits per heavy atom. The summed E-state index contributed by atoms with van der Waals surface area (Å²) in [6, 6.07) is 9.06. The molecular weight excluding hydrogens is 263 g/mol. The number of aryl methyl sites for hydroxylation is 1. The van der Waals surface area contributed by atoms with Gasteiger partial charge < -0.3 is 10.1 Å². The standard InChI is InChI=1S/C14H13FN2O3/c1-9-7-10(4-6-13(9)17(18)19)16-11-3-5-12(15)14(8-11)20-2/h3-8,16H,1-2H3. The molecule has 0 fully saturated rings. The van der Waals surface area contributed by atoms with E-state index in [2.05, 4.69) is 5.32 Å². The predicted molar refractivity (Wildman–Crippen MR) is 74.1 cm³/mol. The number of nitro benzene ring substituents is 1. The van der Waals surface area contributed by atoms with Crippen LogP contribution in [0, 0.1) is 22.9 Å². The van der Waals surface area contributed by atoms with Crippen LogP contribution in [0.1, 0.15) is 5.56 Å². The Balaban J connectivity index is 2.26. The Kier molecular flexibility index (Phi) is 3.84. The Morgan fingerprint density at radius 2 is 1.85 bits per heavy atom. The number of benzene rings is 2. The van der Waals surface area contributed by atoms with Crippen molar-refractivity contribution in [3.8, 4) is 5.75 Å². The third kappa shape index (κ3) is 2.85. The zero-order valence-electron chi connectivity index (χ0n) is 11.0. The van der Waals surface area contributed by atoms with E-state index in [4.69, 9.17) is 4.74 Å². The SMILES string of the molecule is COc1cc(Nc2ccc([N+](=O)[O-])c(C)c2)ccc1F. The lowest BCUT2D eigenvalue weighted by molar-refractivity contribution is -0.385. The molecule has 2 rings (SSSR count). The van der Waals surface area contributed by atoms with Crippen LogP contribution in [-0.4, -0.2) is 12.0 Å². The number of hydrogen-bond acceptors (Lipinski definition) is 4. The maximum absolute atomic E-state index is 13.3. The predicted octanol–water partition coefficient (Wildman–Crippen LogP) is 3.79. The smallest absolute Gasteiger partial charge is 0.272 e. The van der Waals surface area contributed by atoms with Gasteiger partial charge in [-0.1, -0.05) is 0 Å². The molecule has 0 saturated carbocycles. The first-order chi connectivity index (χ1) is 9.51. The van der Waals surface area contributed by atoms with Gasteiger partial charge in [-0.05, 0) is 31.2 Å². The maximum Gasteiger partial charge on any atom is 0.272 e. The molecule has 0 amide bonds. The van der Waals surface area contributed by atoms with Gasteiger partial charge in [-0.15, -0.1) is 0 Å². The molecule has 0 aliphatic heterocycles. The molecular formula is C14H13FN2O3.